The van der Waals surface area contributed by atoms with E-state index >= 15 is 0 Å². The SMILES string of the molecule is CC1NCC(C)(c2cnn(C)c2)c2ccccc21. The maximum absolute atomic E-state index is 4.32. The summed E-state index contributed by atoms with van der Waals surface area (Å²) in [6.45, 7) is 5.47. The van der Waals surface area contributed by atoms with Gasteiger partial charge in [0.25, 0.3) is 0 Å². The number of aryl methyl sites for hydroxylation is 1. The second-order valence-corrected chi connectivity index (χ2v) is 5.42. The van der Waals surface area contributed by atoms with E-state index in [-0.39, 0.29) is 5.41 Å². The van der Waals surface area contributed by atoms with Crippen molar-refractivity contribution in [2.45, 2.75) is 25.3 Å². The maximum atomic E-state index is 4.32. The molecule has 2 aromatic rings. The molecule has 2 unspecified atom stereocenters. The van der Waals surface area contributed by atoms with Crippen LogP contribution >= 0.6 is 0 Å². The molecule has 1 aliphatic heterocycles. The number of aromatic nitrogens is 2. The van der Waals surface area contributed by atoms with Gasteiger partial charge in [0.2, 0.25) is 0 Å². The second-order valence-electron chi connectivity index (χ2n) is 5.42. The molecule has 0 radical (unpaired) electrons. The van der Waals surface area contributed by atoms with Gasteiger partial charge >= 0.3 is 0 Å². The van der Waals surface area contributed by atoms with E-state index in [4.69, 9.17) is 0 Å². The molecule has 1 N–H and O–H groups in total. The number of benzene rings is 1. The molecule has 0 fully saturated rings. The van der Waals surface area contributed by atoms with Gasteiger partial charge < -0.3 is 5.32 Å². The lowest BCUT2D eigenvalue weighted by atomic mass is 9.72. The summed E-state index contributed by atoms with van der Waals surface area (Å²) in [4.78, 5) is 0. The highest BCUT2D eigenvalue weighted by molar-refractivity contribution is 5.45. The molecule has 2 atom stereocenters. The van der Waals surface area contributed by atoms with Gasteiger partial charge in [-0.2, -0.15) is 5.10 Å². The van der Waals surface area contributed by atoms with E-state index in [0.29, 0.717) is 6.04 Å². The molecule has 1 aliphatic rings. The smallest absolute Gasteiger partial charge is 0.0531 e. The first-order chi connectivity index (χ1) is 8.61. The molecule has 0 aliphatic carbocycles. The van der Waals surface area contributed by atoms with E-state index in [9.17, 15) is 0 Å². The second kappa shape index (κ2) is 3.95. The minimum atomic E-state index is 0.0113. The van der Waals surface area contributed by atoms with Gasteiger partial charge in [0, 0.05) is 36.8 Å². The predicted octanol–water partition coefficient (Wildman–Crippen LogP) is 2.39. The van der Waals surface area contributed by atoms with Crippen LogP contribution in [0.3, 0.4) is 0 Å². The molecule has 0 bridgehead atoms. The van der Waals surface area contributed by atoms with E-state index in [0.717, 1.165) is 6.54 Å². The van der Waals surface area contributed by atoms with Crippen molar-refractivity contribution < 1.29 is 0 Å². The van der Waals surface area contributed by atoms with Crippen molar-refractivity contribution in [1.82, 2.24) is 15.1 Å². The summed E-state index contributed by atoms with van der Waals surface area (Å²) in [5, 5.41) is 7.92. The Bertz CT molecular complexity index is 573. The molecule has 18 heavy (non-hydrogen) atoms. The lowest BCUT2D eigenvalue weighted by molar-refractivity contribution is 0.418. The minimum absolute atomic E-state index is 0.0113. The van der Waals surface area contributed by atoms with Crippen molar-refractivity contribution in [3.05, 3.63) is 53.3 Å². The van der Waals surface area contributed by atoms with Gasteiger partial charge in [-0.1, -0.05) is 31.2 Å². The Morgan fingerprint density at radius 3 is 2.89 bits per heavy atom. The van der Waals surface area contributed by atoms with Crippen LogP contribution in [0, 0.1) is 0 Å². The number of hydrogen-bond acceptors (Lipinski definition) is 2. The van der Waals surface area contributed by atoms with Gasteiger partial charge in [0.15, 0.2) is 0 Å². The first-order valence-electron chi connectivity index (χ1n) is 6.43. The van der Waals surface area contributed by atoms with Gasteiger partial charge in [-0.3, -0.25) is 4.68 Å². The molecule has 0 spiro atoms. The van der Waals surface area contributed by atoms with Crippen LogP contribution in [0.2, 0.25) is 0 Å². The Morgan fingerprint density at radius 2 is 2.17 bits per heavy atom. The van der Waals surface area contributed by atoms with Crippen molar-refractivity contribution in [3.63, 3.8) is 0 Å². The highest BCUT2D eigenvalue weighted by Crippen LogP contribution is 2.38. The zero-order chi connectivity index (χ0) is 12.8. The van der Waals surface area contributed by atoms with Gasteiger partial charge in [-0.25, -0.2) is 0 Å². The van der Waals surface area contributed by atoms with Crippen LogP contribution < -0.4 is 5.32 Å². The van der Waals surface area contributed by atoms with Crippen LogP contribution in [0.1, 0.15) is 36.6 Å². The highest BCUT2D eigenvalue weighted by Gasteiger charge is 2.36. The molecule has 94 valence electrons. The van der Waals surface area contributed by atoms with Crippen LogP contribution in [0.15, 0.2) is 36.7 Å². The summed E-state index contributed by atoms with van der Waals surface area (Å²) < 4.78 is 1.88. The summed E-state index contributed by atoms with van der Waals surface area (Å²) in [6.07, 6.45) is 4.10. The number of fused-ring (bicyclic) bond motifs is 1. The van der Waals surface area contributed by atoms with Crippen molar-refractivity contribution in [3.8, 4) is 0 Å². The molecule has 0 saturated heterocycles. The molecule has 0 amide bonds. The van der Waals surface area contributed by atoms with E-state index in [1.807, 2.05) is 17.9 Å². The Hall–Kier alpha value is -1.61. The van der Waals surface area contributed by atoms with Crippen LogP contribution in [0.25, 0.3) is 0 Å². The third kappa shape index (κ3) is 1.58. The fourth-order valence-electron chi connectivity index (χ4n) is 2.90. The summed E-state index contributed by atoms with van der Waals surface area (Å²) in [5.74, 6) is 0. The van der Waals surface area contributed by atoms with Crippen molar-refractivity contribution in [1.29, 1.82) is 0 Å². The maximum Gasteiger partial charge on any atom is 0.0531 e. The zero-order valence-electron chi connectivity index (χ0n) is 11.1. The molecule has 3 heteroatoms. The molecule has 3 nitrogen and oxygen atoms in total. The largest absolute Gasteiger partial charge is 0.309 e. The van der Waals surface area contributed by atoms with Gasteiger partial charge in [0.1, 0.15) is 0 Å². The summed E-state index contributed by atoms with van der Waals surface area (Å²) in [6, 6.07) is 9.14. The molecule has 1 aromatic carbocycles. The van der Waals surface area contributed by atoms with Crippen molar-refractivity contribution in [2.24, 2.45) is 7.05 Å². The number of rotatable bonds is 1. The topological polar surface area (TPSA) is 29.9 Å². The molecule has 0 saturated carbocycles. The van der Waals surface area contributed by atoms with Crippen molar-refractivity contribution >= 4 is 0 Å². The van der Waals surface area contributed by atoms with Crippen LogP contribution in [0.4, 0.5) is 0 Å². The standard InChI is InChI=1S/C15H19N3/c1-11-13-6-4-5-7-14(13)15(2,10-16-11)12-8-17-18(3)9-12/h4-9,11,16H,10H2,1-3H3. The monoisotopic (exact) mass is 241 g/mol. The van der Waals surface area contributed by atoms with Gasteiger partial charge in [-0.15, -0.1) is 0 Å². The Morgan fingerprint density at radius 1 is 1.39 bits per heavy atom. The van der Waals surface area contributed by atoms with Crippen LogP contribution in [-0.2, 0) is 12.5 Å². The Kier molecular flexibility index (Phi) is 2.52. The quantitative estimate of drug-likeness (QED) is 0.831. The Balaban J connectivity index is 2.17. The average Bonchev–Trinajstić information content (AvgIpc) is 2.82. The normalized spacial score (nSPS) is 26.9. The first-order valence-corrected chi connectivity index (χ1v) is 6.43. The van der Waals surface area contributed by atoms with Crippen molar-refractivity contribution in [2.75, 3.05) is 6.54 Å². The summed E-state index contributed by atoms with van der Waals surface area (Å²) in [5.41, 5.74) is 4.10. The first kappa shape index (κ1) is 11.5. The number of hydrogen-bond donors (Lipinski definition) is 1. The van der Waals surface area contributed by atoms with Gasteiger partial charge in [0.05, 0.1) is 6.20 Å². The lowest BCUT2D eigenvalue weighted by Crippen LogP contribution is -2.43. The number of nitrogens with one attached hydrogen (secondary N) is 1. The van der Waals surface area contributed by atoms with E-state index in [1.54, 1.807) is 0 Å². The average molecular weight is 241 g/mol. The van der Waals surface area contributed by atoms with E-state index in [2.05, 4.69) is 54.7 Å². The molecular weight excluding hydrogens is 222 g/mol. The molecule has 2 heterocycles. The molecule has 3 rings (SSSR count). The van der Waals surface area contributed by atoms with Gasteiger partial charge in [-0.05, 0) is 18.1 Å². The van der Waals surface area contributed by atoms with Crippen LogP contribution in [-0.4, -0.2) is 16.3 Å². The molecule has 1 aromatic heterocycles. The predicted molar refractivity (Wildman–Crippen MR) is 72.5 cm³/mol. The van der Waals surface area contributed by atoms with E-state index in [1.165, 1.54) is 16.7 Å². The highest BCUT2D eigenvalue weighted by atomic mass is 15.2. The fourth-order valence-corrected chi connectivity index (χ4v) is 2.90. The minimum Gasteiger partial charge on any atom is -0.309 e. The lowest BCUT2D eigenvalue weighted by Gasteiger charge is -2.39. The third-order valence-electron chi connectivity index (χ3n) is 4.13. The third-order valence-corrected chi connectivity index (χ3v) is 4.13. The fraction of sp³-hybridized carbons (Fsp3) is 0.400. The molecular formula is C15H19N3. The summed E-state index contributed by atoms with van der Waals surface area (Å²) >= 11 is 0. The Labute approximate surface area is 108 Å². The zero-order valence-corrected chi connectivity index (χ0v) is 11.1. The van der Waals surface area contributed by atoms with E-state index < -0.39 is 0 Å². The van der Waals surface area contributed by atoms with Crippen LogP contribution in [0.5, 0.6) is 0 Å². The number of nitrogens with zero attached hydrogens (tertiary/aromatic N) is 2. The summed E-state index contributed by atoms with van der Waals surface area (Å²) in [7, 11) is 1.97.